The van der Waals surface area contributed by atoms with Crippen LogP contribution in [0.25, 0.3) is 0 Å². The van der Waals surface area contributed by atoms with Crippen molar-refractivity contribution in [3.05, 3.63) is 34.4 Å². The summed E-state index contributed by atoms with van der Waals surface area (Å²) in [5.74, 6) is -0.270. The van der Waals surface area contributed by atoms with Gasteiger partial charge in [0.1, 0.15) is 0 Å². The Bertz CT molecular complexity index is 472. The summed E-state index contributed by atoms with van der Waals surface area (Å²) in [6, 6.07) is 6.13. The predicted octanol–water partition coefficient (Wildman–Crippen LogP) is 2.79. The number of hydrogen-bond donors (Lipinski definition) is 0. The Labute approximate surface area is 108 Å². The van der Waals surface area contributed by atoms with E-state index in [0.29, 0.717) is 12.2 Å². The molecule has 1 rings (SSSR count). The van der Waals surface area contributed by atoms with E-state index in [1.54, 1.807) is 6.92 Å². The summed E-state index contributed by atoms with van der Waals surface area (Å²) in [5, 5.41) is 9.20. The van der Waals surface area contributed by atoms with Gasteiger partial charge in [-0.05, 0) is 42.5 Å². The minimum Gasteiger partial charge on any atom is -0.466 e. The van der Waals surface area contributed by atoms with Crippen molar-refractivity contribution in [2.45, 2.75) is 40.0 Å². The van der Waals surface area contributed by atoms with E-state index in [1.807, 2.05) is 13.0 Å². The van der Waals surface area contributed by atoms with Crippen molar-refractivity contribution in [2.24, 2.45) is 0 Å². The van der Waals surface area contributed by atoms with Crippen molar-refractivity contribution in [1.82, 2.24) is 0 Å². The smallest absolute Gasteiger partial charge is 0.310 e. The fourth-order valence-electron chi connectivity index (χ4n) is 1.98. The van der Waals surface area contributed by atoms with Gasteiger partial charge in [0, 0.05) is 0 Å². The normalized spacial score (nSPS) is 9.89. The highest BCUT2D eigenvalue weighted by Gasteiger charge is 2.14. The molecule has 0 saturated heterocycles. The average molecular weight is 245 g/mol. The van der Waals surface area contributed by atoms with Gasteiger partial charge in [-0.3, -0.25) is 4.79 Å². The summed E-state index contributed by atoms with van der Waals surface area (Å²) < 4.78 is 4.95. The Morgan fingerprint density at radius 3 is 2.50 bits per heavy atom. The summed E-state index contributed by atoms with van der Waals surface area (Å²) in [6.45, 7) is 6.24. The number of ether oxygens (including phenoxy) is 1. The minimum atomic E-state index is -0.270. The molecule has 0 aliphatic rings. The highest BCUT2D eigenvalue weighted by Crippen LogP contribution is 2.20. The maximum Gasteiger partial charge on any atom is 0.310 e. The molecule has 1 aromatic carbocycles. The van der Waals surface area contributed by atoms with Crippen molar-refractivity contribution < 1.29 is 9.53 Å². The maximum absolute atomic E-state index is 11.6. The van der Waals surface area contributed by atoms with Crippen LogP contribution in [0.15, 0.2) is 12.1 Å². The van der Waals surface area contributed by atoms with Crippen LogP contribution in [-0.2, 0) is 28.8 Å². The second-order valence-corrected chi connectivity index (χ2v) is 4.08. The predicted molar refractivity (Wildman–Crippen MR) is 70.3 cm³/mol. The van der Waals surface area contributed by atoms with E-state index in [2.05, 4.69) is 19.1 Å². The third-order valence-corrected chi connectivity index (χ3v) is 2.94. The largest absolute Gasteiger partial charge is 0.466 e. The molecular weight excluding hydrogens is 226 g/mol. The molecule has 0 aliphatic carbocycles. The number of benzene rings is 1. The van der Waals surface area contributed by atoms with Gasteiger partial charge in [-0.1, -0.05) is 19.9 Å². The second-order valence-electron chi connectivity index (χ2n) is 4.08. The third kappa shape index (κ3) is 3.33. The van der Waals surface area contributed by atoms with Gasteiger partial charge >= 0.3 is 5.97 Å². The molecule has 0 saturated carbocycles. The molecule has 0 fully saturated rings. The number of carbonyl (C=O) groups excluding carboxylic acids is 1. The molecule has 3 nitrogen and oxygen atoms in total. The monoisotopic (exact) mass is 245 g/mol. The summed E-state index contributed by atoms with van der Waals surface area (Å²) in [7, 11) is 0. The average Bonchev–Trinajstić information content (AvgIpc) is 2.39. The number of nitrogens with zero attached hydrogens (tertiary/aromatic N) is 1. The molecule has 96 valence electrons. The van der Waals surface area contributed by atoms with Crippen molar-refractivity contribution in [3.63, 3.8) is 0 Å². The number of rotatable bonds is 5. The Morgan fingerprint density at radius 1 is 1.28 bits per heavy atom. The Kier molecular flexibility index (Phi) is 5.38. The van der Waals surface area contributed by atoms with E-state index in [0.717, 1.165) is 29.5 Å². The minimum absolute atomic E-state index is 0.184. The summed E-state index contributed by atoms with van der Waals surface area (Å²) in [4.78, 5) is 11.6. The lowest BCUT2D eigenvalue weighted by atomic mass is 9.93. The SMILES string of the molecule is CCOC(=O)Cc1c(C#N)cc(CC)cc1CC. The molecular formula is C15H19NO2. The van der Waals surface area contributed by atoms with Gasteiger partial charge in [0.25, 0.3) is 0 Å². The number of nitriles is 1. The zero-order chi connectivity index (χ0) is 13.5. The quantitative estimate of drug-likeness (QED) is 0.749. The number of hydrogen-bond acceptors (Lipinski definition) is 3. The van der Waals surface area contributed by atoms with Gasteiger partial charge in [-0.2, -0.15) is 5.26 Å². The van der Waals surface area contributed by atoms with Crippen molar-refractivity contribution in [2.75, 3.05) is 6.61 Å². The fraction of sp³-hybridized carbons (Fsp3) is 0.467. The Hall–Kier alpha value is -1.82. The lowest BCUT2D eigenvalue weighted by Crippen LogP contribution is -2.11. The molecule has 1 aromatic rings. The number of carbonyl (C=O) groups is 1. The highest BCUT2D eigenvalue weighted by atomic mass is 16.5. The van der Waals surface area contributed by atoms with Gasteiger partial charge in [0.2, 0.25) is 0 Å². The van der Waals surface area contributed by atoms with Crippen LogP contribution >= 0.6 is 0 Å². The topological polar surface area (TPSA) is 50.1 Å². The van der Waals surface area contributed by atoms with Crippen LogP contribution in [0.2, 0.25) is 0 Å². The van der Waals surface area contributed by atoms with Gasteiger partial charge in [-0.15, -0.1) is 0 Å². The number of aryl methyl sites for hydroxylation is 2. The van der Waals surface area contributed by atoms with Crippen LogP contribution < -0.4 is 0 Å². The third-order valence-electron chi connectivity index (χ3n) is 2.94. The lowest BCUT2D eigenvalue weighted by Gasteiger charge is -2.12. The number of esters is 1. The van der Waals surface area contributed by atoms with Crippen LogP contribution in [0.3, 0.4) is 0 Å². The van der Waals surface area contributed by atoms with Crippen LogP contribution in [-0.4, -0.2) is 12.6 Å². The first-order valence-corrected chi connectivity index (χ1v) is 6.36. The second kappa shape index (κ2) is 6.80. The molecule has 0 atom stereocenters. The standard InChI is InChI=1S/C15H19NO2/c1-4-11-7-12(5-2)14(13(8-11)10-16)9-15(17)18-6-3/h7-8H,4-6,9H2,1-3H3. The Morgan fingerprint density at radius 2 is 2.00 bits per heavy atom. The molecule has 3 heteroatoms. The van der Waals surface area contributed by atoms with Crippen molar-refractivity contribution in [3.8, 4) is 6.07 Å². The van der Waals surface area contributed by atoms with E-state index in [4.69, 9.17) is 4.74 Å². The highest BCUT2D eigenvalue weighted by molar-refractivity contribution is 5.74. The van der Waals surface area contributed by atoms with Gasteiger partial charge < -0.3 is 4.74 Å². The molecule has 0 aromatic heterocycles. The van der Waals surface area contributed by atoms with Crippen LogP contribution in [0.5, 0.6) is 0 Å². The molecule has 0 amide bonds. The van der Waals surface area contributed by atoms with Gasteiger partial charge in [0.15, 0.2) is 0 Å². The van der Waals surface area contributed by atoms with E-state index in [9.17, 15) is 10.1 Å². The zero-order valence-electron chi connectivity index (χ0n) is 11.2. The molecule has 0 N–H and O–H groups in total. The van der Waals surface area contributed by atoms with Gasteiger partial charge in [-0.25, -0.2) is 0 Å². The lowest BCUT2D eigenvalue weighted by molar-refractivity contribution is -0.142. The first kappa shape index (κ1) is 14.2. The molecule has 0 aliphatic heterocycles. The summed E-state index contributed by atoms with van der Waals surface area (Å²) in [6.07, 6.45) is 1.89. The van der Waals surface area contributed by atoms with Crippen LogP contribution in [0.4, 0.5) is 0 Å². The molecule has 0 radical (unpaired) electrons. The Balaban J connectivity index is 3.15. The summed E-state index contributed by atoms with van der Waals surface area (Å²) in [5.41, 5.74) is 3.62. The summed E-state index contributed by atoms with van der Waals surface area (Å²) >= 11 is 0. The zero-order valence-corrected chi connectivity index (χ0v) is 11.2. The molecule has 0 spiro atoms. The van der Waals surface area contributed by atoms with Gasteiger partial charge in [0.05, 0.1) is 24.7 Å². The van der Waals surface area contributed by atoms with Crippen LogP contribution in [0.1, 0.15) is 43.0 Å². The first-order chi connectivity index (χ1) is 8.65. The molecule has 0 bridgehead atoms. The van der Waals surface area contributed by atoms with Crippen molar-refractivity contribution in [1.29, 1.82) is 5.26 Å². The maximum atomic E-state index is 11.6. The van der Waals surface area contributed by atoms with E-state index in [-0.39, 0.29) is 12.4 Å². The fourth-order valence-corrected chi connectivity index (χ4v) is 1.98. The van der Waals surface area contributed by atoms with Crippen LogP contribution in [0, 0.1) is 11.3 Å². The van der Waals surface area contributed by atoms with E-state index in [1.165, 1.54) is 0 Å². The van der Waals surface area contributed by atoms with Crippen molar-refractivity contribution >= 4 is 5.97 Å². The molecule has 0 unspecified atom stereocenters. The van der Waals surface area contributed by atoms with E-state index >= 15 is 0 Å². The first-order valence-electron chi connectivity index (χ1n) is 6.36. The molecule has 0 heterocycles. The van der Waals surface area contributed by atoms with E-state index < -0.39 is 0 Å². The molecule has 18 heavy (non-hydrogen) atoms.